The van der Waals surface area contributed by atoms with Crippen molar-refractivity contribution in [3.05, 3.63) is 28.3 Å². The number of nitro benzene ring substituents is 1. The molecule has 0 saturated carbocycles. The maximum atomic E-state index is 12.5. The maximum absolute atomic E-state index is 12.5. The van der Waals surface area contributed by atoms with Crippen LogP contribution >= 0.6 is 0 Å². The molecule has 0 aliphatic carbocycles. The third kappa shape index (κ3) is 2.60. The fourth-order valence-electron chi connectivity index (χ4n) is 2.14. The minimum atomic E-state index is -3.95. The molecule has 1 unspecified atom stereocenters. The summed E-state index contributed by atoms with van der Waals surface area (Å²) in [5.41, 5.74) is 5.24. The van der Waals surface area contributed by atoms with Crippen molar-refractivity contribution in [1.29, 1.82) is 0 Å². The first kappa shape index (κ1) is 14.7. The van der Waals surface area contributed by atoms with Crippen molar-refractivity contribution < 1.29 is 18.1 Å². The summed E-state index contributed by atoms with van der Waals surface area (Å²) in [6, 6.07) is 3.53. The Kier molecular flexibility index (Phi) is 3.93. The number of benzene rings is 1. The van der Waals surface area contributed by atoms with Crippen LogP contribution in [0.3, 0.4) is 0 Å². The highest BCUT2D eigenvalue weighted by molar-refractivity contribution is 7.89. The van der Waals surface area contributed by atoms with Gasteiger partial charge in [0.2, 0.25) is 10.0 Å². The lowest BCUT2D eigenvalue weighted by molar-refractivity contribution is -0.387. The highest BCUT2D eigenvalue weighted by atomic mass is 32.2. The molecular formula is C11H15N3O5S. The van der Waals surface area contributed by atoms with E-state index < -0.39 is 20.6 Å². The van der Waals surface area contributed by atoms with Crippen molar-refractivity contribution in [3.8, 4) is 0 Å². The number of hydrogen-bond acceptors (Lipinski definition) is 6. The van der Waals surface area contributed by atoms with E-state index in [1.54, 1.807) is 0 Å². The van der Waals surface area contributed by atoms with Gasteiger partial charge in [0.05, 0.1) is 11.0 Å². The van der Waals surface area contributed by atoms with Gasteiger partial charge in [-0.1, -0.05) is 0 Å². The smallest absolute Gasteiger partial charge is 0.289 e. The second kappa shape index (κ2) is 5.35. The van der Waals surface area contributed by atoms with Gasteiger partial charge in [-0.15, -0.1) is 0 Å². The van der Waals surface area contributed by atoms with E-state index in [1.165, 1.54) is 17.5 Å². The van der Waals surface area contributed by atoms with Gasteiger partial charge in [-0.2, -0.15) is 4.31 Å². The quantitative estimate of drug-likeness (QED) is 0.494. The second-order valence-corrected chi connectivity index (χ2v) is 6.40. The van der Waals surface area contributed by atoms with E-state index >= 15 is 0 Å². The van der Waals surface area contributed by atoms with Crippen molar-refractivity contribution in [3.63, 3.8) is 0 Å². The molecule has 0 bridgehead atoms. The van der Waals surface area contributed by atoms with Gasteiger partial charge in [-0.25, -0.2) is 8.42 Å². The van der Waals surface area contributed by atoms with Crippen LogP contribution in [0.1, 0.15) is 6.42 Å². The van der Waals surface area contributed by atoms with Gasteiger partial charge in [0.25, 0.3) is 5.69 Å². The van der Waals surface area contributed by atoms with Crippen LogP contribution in [0.5, 0.6) is 0 Å². The van der Waals surface area contributed by atoms with Gasteiger partial charge in [0, 0.05) is 32.0 Å². The number of nitrogen functional groups attached to an aromatic ring is 1. The van der Waals surface area contributed by atoms with E-state index in [9.17, 15) is 18.5 Å². The first-order chi connectivity index (χ1) is 9.36. The van der Waals surface area contributed by atoms with E-state index in [0.29, 0.717) is 6.42 Å². The second-order valence-electron chi connectivity index (χ2n) is 4.49. The van der Waals surface area contributed by atoms with Crippen LogP contribution in [0.25, 0.3) is 0 Å². The molecule has 1 heterocycles. The van der Waals surface area contributed by atoms with E-state index in [1.807, 2.05) is 0 Å². The van der Waals surface area contributed by atoms with Crippen molar-refractivity contribution >= 4 is 21.4 Å². The summed E-state index contributed by atoms with van der Waals surface area (Å²) < 4.78 is 31.3. The predicted octanol–water partition coefficient (Wildman–Crippen LogP) is 0.586. The predicted molar refractivity (Wildman–Crippen MR) is 71.7 cm³/mol. The number of sulfonamides is 1. The maximum Gasteiger partial charge on any atom is 0.289 e. The number of rotatable bonds is 4. The molecule has 1 aromatic carbocycles. The molecule has 0 radical (unpaired) electrons. The zero-order valence-corrected chi connectivity index (χ0v) is 11.7. The number of nitro groups is 1. The molecule has 2 rings (SSSR count). The zero-order valence-electron chi connectivity index (χ0n) is 10.9. The first-order valence-corrected chi connectivity index (χ1v) is 7.37. The molecule has 0 spiro atoms. The Hall–Kier alpha value is -1.71. The van der Waals surface area contributed by atoms with Crippen molar-refractivity contribution in [2.75, 3.05) is 25.9 Å². The average molecular weight is 301 g/mol. The number of ether oxygens (including phenoxy) is 1. The number of nitrogens with zero attached hydrogens (tertiary/aromatic N) is 2. The van der Waals surface area contributed by atoms with Gasteiger partial charge in [0.15, 0.2) is 4.90 Å². The Labute approximate surface area is 116 Å². The summed E-state index contributed by atoms with van der Waals surface area (Å²) in [5, 5.41) is 11.0. The van der Waals surface area contributed by atoms with Crippen LogP contribution in [0, 0.1) is 10.1 Å². The molecule has 20 heavy (non-hydrogen) atoms. The van der Waals surface area contributed by atoms with Crippen LogP contribution in [0.4, 0.5) is 11.4 Å². The molecule has 1 saturated heterocycles. The normalized spacial score (nSPS) is 20.1. The average Bonchev–Trinajstić information content (AvgIpc) is 2.87. The van der Waals surface area contributed by atoms with Crippen molar-refractivity contribution in [2.24, 2.45) is 0 Å². The molecule has 1 fully saturated rings. The fourth-order valence-corrected chi connectivity index (χ4v) is 3.81. The lowest BCUT2D eigenvalue weighted by Gasteiger charge is -2.16. The molecule has 2 N–H and O–H groups in total. The van der Waals surface area contributed by atoms with Gasteiger partial charge in [-0.3, -0.25) is 10.1 Å². The molecule has 0 amide bonds. The highest BCUT2D eigenvalue weighted by Crippen LogP contribution is 2.30. The number of nitrogens with two attached hydrogens (primary N) is 1. The number of hydrogen-bond donors (Lipinski definition) is 1. The van der Waals surface area contributed by atoms with Crippen LogP contribution in [0.15, 0.2) is 23.1 Å². The van der Waals surface area contributed by atoms with Crippen LogP contribution < -0.4 is 5.73 Å². The monoisotopic (exact) mass is 301 g/mol. The summed E-state index contributed by atoms with van der Waals surface area (Å²) in [6.45, 7) is 0.456. The molecule has 1 aliphatic rings. The molecule has 8 nitrogen and oxygen atoms in total. The lowest BCUT2D eigenvalue weighted by atomic mass is 10.3. The molecular weight excluding hydrogens is 286 g/mol. The Morgan fingerprint density at radius 3 is 2.75 bits per heavy atom. The molecule has 1 aromatic rings. The van der Waals surface area contributed by atoms with Crippen molar-refractivity contribution in [1.82, 2.24) is 4.31 Å². The third-order valence-corrected chi connectivity index (χ3v) is 5.13. The lowest BCUT2D eigenvalue weighted by Crippen LogP contribution is -2.30. The molecule has 9 heteroatoms. The van der Waals surface area contributed by atoms with E-state index in [4.69, 9.17) is 10.5 Å². The highest BCUT2D eigenvalue weighted by Gasteiger charge is 2.36. The standard InChI is InChI=1S/C11H15N3O5S/c1-19-9-4-5-13(7-9)20(17,18)11-6-8(12)2-3-10(11)14(15)16/h2-3,6,9H,4-5,7,12H2,1H3. The Bertz CT molecular complexity index is 631. The van der Waals surface area contributed by atoms with E-state index in [0.717, 1.165) is 12.1 Å². The van der Waals surface area contributed by atoms with Gasteiger partial charge < -0.3 is 10.5 Å². The molecule has 1 atom stereocenters. The Morgan fingerprint density at radius 1 is 1.50 bits per heavy atom. The number of methoxy groups -OCH3 is 1. The van der Waals surface area contributed by atoms with E-state index in [2.05, 4.69) is 0 Å². The van der Waals surface area contributed by atoms with Crippen LogP contribution in [0.2, 0.25) is 0 Å². The molecule has 0 aromatic heterocycles. The minimum absolute atomic E-state index is 0.164. The topological polar surface area (TPSA) is 116 Å². The summed E-state index contributed by atoms with van der Waals surface area (Å²) in [6.07, 6.45) is 0.371. The summed E-state index contributed by atoms with van der Waals surface area (Å²) >= 11 is 0. The Balaban J connectivity index is 2.44. The van der Waals surface area contributed by atoms with Gasteiger partial charge in [-0.05, 0) is 18.6 Å². The minimum Gasteiger partial charge on any atom is -0.399 e. The van der Waals surface area contributed by atoms with Gasteiger partial charge in [0.1, 0.15) is 0 Å². The van der Waals surface area contributed by atoms with Crippen LogP contribution in [-0.4, -0.2) is 43.9 Å². The van der Waals surface area contributed by atoms with Crippen LogP contribution in [-0.2, 0) is 14.8 Å². The Morgan fingerprint density at radius 2 is 2.20 bits per heavy atom. The molecule has 1 aliphatic heterocycles. The zero-order chi connectivity index (χ0) is 14.9. The van der Waals surface area contributed by atoms with Gasteiger partial charge >= 0.3 is 0 Å². The summed E-state index contributed by atoms with van der Waals surface area (Å²) in [5.74, 6) is 0. The summed E-state index contributed by atoms with van der Waals surface area (Å²) in [7, 11) is -2.44. The van der Waals surface area contributed by atoms with Crippen molar-refractivity contribution in [2.45, 2.75) is 17.4 Å². The largest absolute Gasteiger partial charge is 0.399 e. The first-order valence-electron chi connectivity index (χ1n) is 5.93. The van der Waals surface area contributed by atoms with E-state index in [-0.39, 0.29) is 29.8 Å². The SMILES string of the molecule is COC1CCN(S(=O)(=O)c2cc(N)ccc2[N+](=O)[O-])C1. The summed E-state index contributed by atoms with van der Waals surface area (Å²) in [4.78, 5) is 9.87. The fraction of sp³-hybridized carbons (Fsp3) is 0.455. The third-order valence-electron chi connectivity index (χ3n) is 3.24. The number of anilines is 1. The molecule has 110 valence electrons.